The van der Waals surface area contributed by atoms with Crippen LogP contribution in [0.1, 0.15) is 44.4 Å². The summed E-state index contributed by atoms with van der Waals surface area (Å²) in [5, 5.41) is 2.10. The Hall–Kier alpha value is -2.34. The third-order valence-corrected chi connectivity index (χ3v) is 4.15. The third-order valence-electron chi connectivity index (χ3n) is 4.15. The summed E-state index contributed by atoms with van der Waals surface area (Å²) in [7, 11) is 0. The lowest BCUT2D eigenvalue weighted by atomic mass is 9.95. The van der Waals surface area contributed by atoms with E-state index in [2.05, 4.69) is 41.9 Å². The molecule has 4 heteroatoms. The minimum absolute atomic E-state index is 0.526. The Labute approximate surface area is 174 Å². The highest BCUT2D eigenvalue weighted by molar-refractivity contribution is 5.94. The lowest BCUT2D eigenvalue weighted by Crippen LogP contribution is -2.15. The van der Waals surface area contributed by atoms with Crippen molar-refractivity contribution in [2.24, 2.45) is 0 Å². The van der Waals surface area contributed by atoms with E-state index >= 15 is 0 Å². The summed E-state index contributed by atoms with van der Waals surface area (Å²) in [6.07, 6.45) is -1.05. The van der Waals surface area contributed by atoms with Gasteiger partial charge in [0.15, 0.2) is 0 Å². The SMILES string of the molecule is CCOC(C#Cc1cc(C)c(C#CC(OCC)OCC)c2ccccc12)OCC. The number of fused-ring (bicyclic) bond motifs is 1. The number of ether oxygens (including phenoxy) is 4. The van der Waals surface area contributed by atoms with Crippen molar-refractivity contribution in [2.45, 2.75) is 47.2 Å². The average molecular weight is 395 g/mol. The van der Waals surface area contributed by atoms with Gasteiger partial charge in [0, 0.05) is 37.6 Å². The van der Waals surface area contributed by atoms with Gasteiger partial charge >= 0.3 is 0 Å². The van der Waals surface area contributed by atoms with E-state index in [0.717, 1.165) is 27.5 Å². The summed E-state index contributed by atoms with van der Waals surface area (Å²) in [5.74, 6) is 12.7. The first kappa shape index (κ1) is 22.9. The summed E-state index contributed by atoms with van der Waals surface area (Å²) in [6.45, 7) is 12.0. The second kappa shape index (κ2) is 12.3. The Kier molecular flexibility index (Phi) is 9.71. The maximum atomic E-state index is 5.54. The predicted octanol–water partition coefficient (Wildman–Crippen LogP) is 4.65. The van der Waals surface area contributed by atoms with E-state index in [4.69, 9.17) is 18.9 Å². The monoisotopic (exact) mass is 394 g/mol. The fourth-order valence-electron chi connectivity index (χ4n) is 2.92. The van der Waals surface area contributed by atoms with E-state index in [1.54, 1.807) is 0 Å². The molecule has 0 atom stereocenters. The standard InChI is InChI=1S/C25H30O4/c1-6-26-24(27-7-2)16-14-20-18-19(5)21(23-13-11-10-12-22(20)23)15-17-25(28-8-3)29-9-4/h10-13,18,24-25H,6-9H2,1-5H3. The van der Waals surface area contributed by atoms with E-state index in [9.17, 15) is 0 Å². The molecule has 2 aromatic rings. The normalized spacial score (nSPS) is 10.7. The minimum Gasteiger partial charge on any atom is -0.342 e. The highest BCUT2D eigenvalue weighted by atomic mass is 16.7. The molecule has 0 radical (unpaired) electrons. The maximum Gasteiger partial charge on any atom is 0.222 e. The van der Waals surface area contributed by atoms with Crippen molar-refractivity contribution in [2.75, 3.05) is 26.4 Å². The van der Waals surface area contributed by atoms with Crippen molar-refractivity contribution >= 4 is 10.8 Å². The average Bonchev–Trinajstić information content (AvgIpc) is 2.72. The summed E-state index contributed by atoms with van der Waals surface area (Å²) in [4.78, 5) is 0. The van der Waals surface area contributed by atoms with Crippen molar-refractivity contribution in [3.8, 4) is 23.7 Å². The van der Waals surface area contributed by atoms with Gasteiger partial charge in [-0.15, -0.1) is 0 Å². The van der Waals surface area contributed by atoms with Gasteiger partial charge in [-0.1, -0.05) is 36.1 Å². The summed E-state index contributed by atoms with van der Waals surface area (Å²) in [5.41, 5.74) is 2.94. The minimum atomic E-state index is -0.527. The van der Waals surface area contributed by atoms with Gasteiger partial charge < -0.3 is 18.9 Å². The molecular weight excluding hydrogens is 364 g/mol. The van der Waals surface area contributed by atoms with Crippen LogP contribution >= 0.6 is 0 Å². The van der Waals surface area contributed by atoms with Gasteiger partial charge in [0.05, 0.1) is 0 Å². The molecule has 154 valence electrons. The Bertz CT molecular complexity index is 899. The van der Waals surface area contributed by atoms with Crippen molar-refractivity contribution in [3.05, 3.63) is 47.0 Å². The molecule has 0 fully saturated rings. The van der Waals surface area contributed by atoms with Crippen LogP contribution in [0.15, 0.2) is 30.3 Å². The number of rotatable bonds is 8. The Morgan fingerprint density at radius 2 is 1.21 bits per heavy atom. The molecule has 4 nitrogen and oxygen atoms in total. The largest absolute Gasteiger partial charge is 0.342 e. The lowest BCUT2D eigenvalue weighted by Gasteiger charge is -2.11. The molecule has 2 aromatic carbocycles. The highest BCUT2D eigenvalue weighted by Gasteiger charge is 2.09. The molecule has 0 aliphatic heterocycles. The molecule has 0 saturated heterocycles. The first-order chi connectivity index (χ1) is 14.1. The van der Waals surface area contributed by atoms with Gasteiger partial charge in [-0.05, 0) is 68.9 Å². The number of benzene rings is 2. The summed E-state index contributed by atoms with van der Waals surface area (Å²) < 4.78 is 22.2. The molecule has 0 aliphatic carbocycles. The molecule has 2 rings (SSSR count). The van der Waals surface area contributed by atoms with Crippen molar-refractivity contribution < 1.29 is 18.9 Å². The van der Waals surface area contributed by atoms with Gasteiger partial charge in [-0.2, -0.15) is 0 Å². The smallest absolute Gasteiger partial charge is 0.222 e. The zero-order chi connectivity index (χ0) is 21.1. The van der Waals surface area contributed by atoms with E-state index in [0.29, 0.717) is 26.4 Å². The van der Waals surface area contributed by atoms with Crippen LogP contribution in [-0.4, -0.2) is 39.0 Å². The summed E-state index contributed by atoms with van der Waals surface area (Å²) in [6, 6.07) is 10.2. The molecular formula is C25H30O4. The lowest BCUT2D eigenvalue weighted by molar-refractivity contribution is -0.0972. The second-order valence-corrected chi connectivity index (χ2v) is 6.19. The molecule has 0 aromatic heterocycles. The Morgan fingerprint density at radius 3 is 1.72 bits per heavy atom. The molecule has 0 N–H and O–H groups in total. The van der Waals surface area contributed by atoms with Gasteiger partial charge in [-0.25, -0.2) is 0 Å². The van der Waals surface area contributed by atoms with E-state index in [1.165, 1.54) is 0 Å². The Morgan fingerprint density at radius 1 is 0.724 bits per heavy atom. The van der Waals surface area contributed by atoms with Crippen LogP contribution in [0.25, 0.3) is 10.8 Å². The molecule has 0 saturated carbocycles. The van der Waals surface area contributed by atoms with Crippen LogP contribution in [-0.2, 0) is 18.9 Å². The van der Waals surface area contributed by atoms with Crippen molar-refractivity contribution in [3.63, 3.8) is 0 Å². The van der Waals surface area contributed by atoms with Crippen LogP contribution in [0.2, 0.25) is 0 Å². The number of hydrogen-bond donors (Lipinski definition) is 0. The van der Waals surface area contributed by atoms with Gasteiger partial charge in [-0.3, -0.25) is 0 Å². The number of hydrogen-bond acceptors (Lipinski definition) is 4. The van der Waals surface area contributed by atoms with Crippen LogP contribution in [0, 0.1) is 30.6 Å². The fourth-order valence-corrected chi connectivity index (χ4v) is 2.92. The fraction of sp³-hybridized carbons (Fsp3) is 0.440. The molecule has 0 unspecified atom stereocenters. The summed E-state index contributed by atoms with van der Waals surface area (Å²) >= 11 is 0. The van der Waals surface area contributed by atoms with E-state index in [1.807, 2.05) is 46.8 Å². The molecule has 0 aliphatic rings. The first-order valence-corrected chi connectivity index (χ1v) is 10.2. The van der Waals surface area contributed by atoms with Crippen LogP contribution in [0.5, 0.6) is 0 Å². The van der Waals surface area contributed by atoms with Crippen LogP contribution in [0.4, 0.5) is 0 Å². The van der Waals surface area contributed by atoms with Crippen LogP contribution in [0.3, 0.4) is 0 Å². The molecule has 0 spiro atoms. The molecule has 29 heavy (non-hydrogen) atoms. The molecule has 0 bridgehead atoms. The predicted molar refractivity (Wildman–Crippen MR) is 117 cm³/mol. The highest BCUT2D eigenvalue weighted by Crippen LogP contribution is 2.25. The second-order valence-electron chi connectivity index (χ2n) is 6.19. The van der Waals surface area contributed by atoms with Gasteiger partial charge in [0.1, 0.15) is 0 Å². The zero-order valence-electron chi connectivity index (χ0n) is 18.0. The van der Waals surface area contributed by atoms with Crippen molar-refractivity contribution in [1.82, 2.24) is 0 Å². The van der Waals surface area contributed by atoms with Crippen LogP contribution < -0.4 is 0 Å². The topological polar surface area (TPSA) is 36.9 Å². The Balaban J connectivity index is 2.48. The maximum absolute atomic E-state index is 5.54. The van der Waals surface area contributed by atoms with E-state index < -0.39 is 12.6 Å². The van der Waals surface area contributed by atoms with Gasteiger partial charge in [0.25, 0.3) is 0 Å². The van der Waals surface area contributed by atoms with Gasteiger partial charge in [0.2, 0.25) is 12.6 Å². The third kappa shape index (κ3) is 6.60. The zero-order valence-corrected chi connectivity index (χ0v) is 18.0. The first-order valence-electron chi connectivity index (χ1n) is 10.2. The molecule has 0 heterocycles. The molecule has 0 amide bonds. The quantitative estimate of drug-likeness (QED) is 0.482. The van der Waals surface area contributed by atoms with Crippen molar-refractivity contribution in [1.29, 1.82) is 0 Å². The number of aryl methyl sites for hydroxylation is 1. The van der Waals surface area contributed by atoms with E-state index in [-0.39, 0.29) is 0 Å².